The molecule has 1 aliphatic rings. The molecule has 8 nitrogen and oxygen atoms in total. The van der Waals surface area contributed by atoms with E-state index in [0.717, 1.165) is 24.1 Å². The second-order valence-electron chi connectivity index (χ2n) is 8.75. The van der Waals surface area contributed by atoms with Gasteiger partial charge in [-0.3, -0.25) is 9.48 Å². The molecule has 198 valence electrons. The maximum absolute atomic E-state index is 13.9. The summed E-state index contributed by atoms with van der Waals surface area (Å²) in [5.41, 5.74) is 2.40. The van der Waals surface area contributed by atoms with Crippen LogP contribution in [0.25, 0.3) is 0 Å². The Hall–Kier alpha value is -3.82. The van der Waals surface area contributed by atoms with Crippen molar-refractivity contribution in [3.05, 3.63) is 65.0 Å². The molecular weight excluding hydrogens is 484 g/mol. The number of methoxy groups -OCH3 is 2. The number of aromatic nitrogens is 2. The summed E-state index contributed by atoms with van der Waals surface area (Å²) in [6.45, 7) is -0.897. The minimum atomic E-state index is -3.05. The van der Waals surface area contributed by atoms with E-state index in [1.165, 1.54) is 7.11 Å². The van der Waals surface area contributed by atoms with Crippen LogP contribution >= 0.6 is 0 Å². The van der Waals surface area contributed by atoms with E-state index < -0.39 is 6.61 Å². The lowest BCUT2D eigenvalue weighted by Gasteiger charge is -2.25. The van der Waals surface area contributed by atoms with Gasteiger partial charge in [-0.25, -0.2) is 0 Å². The molecule has 10 heteroatoms. The molecule has 0 radical (unpaired) electrons. The van der Waals surface area contributed by atoms with Gasteiger partial charge in [0, 0.05) is 30.2 Å². The van der Waals surface area contributed by atoms with Gasteiger partial charge in [0.25, 0.3) is 5.91 Å². The van der Waals surface area contributed by atoms with Crippen molar-refractivity contribution in [3.8, 4) is 23.0 Å². The monoisotopic (exact) mass is 515 g/mol. The maximum Gasteiger partial charge on any atom is 0.387 e. The number of rotatable bonds is 12. The standard InChI is InChI=1S/C27H31F2N3O5/c1-5-36-23-8-6-7-19(25(23)37-27(28)29)16-32(15-18-11-12-20(34-3)13-24(18)35-4)26(33)22-14-21(17-9-10-17)30-31(22)2/h6-8,11-14,17,27H,5,9-10,15-16H2,1-4H3. The third-order valence-electron chi connectivity index (χ3n) is 6.18. The van der Waals surface area contributed by atoms with Crippen molar-refractivity contribution >= 4 is 5.91 Å². The van der Waals surface area contributed by atoms with E-state index in [9.17, 15) is 13.6 Å². The average molecular weight is 516 g/mol. The molecule has 2 aromatic carbocycles. The Morgan fingerprint density at radius 2 is 1.84 bits per heavy atom. The summed E-state index contributed by atoms with van der Waals surface area (Å²) in [5.74, 6) is 1.30. The number of benzene rings is 2. The Morgan fingerprint density at radius 3 is 2.49 bits per heavy atom. The molecule has 0 bridgehead atoms. The number of carbonyl (C=O) groups is 1. The van der Waals surface area contributed by atoms with Gasteiger partial charge >= 0.3 is 6.61 Å². The van der Waals surface area contributed by atoms with Crippen molar-refractivity contribution < 1.29 is 32.5 Å². The second-order valence-corrected chi connectivity index (χ2v) is 8.75. The summed E-state index contributed by atoms with van der Waals surface area (Å²) in [6, 6.07) is 12.0. The summed E-state index contributed by atoms with van der Waals surface area (Å²) in [5, 5.41) is 4.53. The first-order chi connectivity index (χ1) is 17.8. The predicted molar refractivity (Wildman–Crippen MR) is 133 cm³/mol. The van der Waals surface area contributed by atoms with Gasteiger partial charge in [0.15, 0.2) is 11.5 Å². The Balaban J connectivity index is 1.73. The zero-order valence-corrected chi connectivity index (χ0v) is 21.4. The van der Waals surface area contributed by atoms with E-state index in [2.05, 4.69) is 5.10 Å². The highest BCUT2D eigenvalue weighted by Crippen LogP contribution is 2.40. The molecule has 1 aromatic heterocycles. The normalized spacial score (nSPS) is 12.9. The van der Waals surface area contributed by atoms with Crippen LogP contribution in [0, 0.1) is 0 Å². The third kappa shape index (κ3) is 6.12. The molecule has 3 aromatic rings. The number of para-hydroxylation sites is 1. The zero-order chi connectivity index (χ0) is 26.5. The summed E-state index contributed by atoms with van der Waals surface area (Å²) in [7, 11) is 4.82. The number of ether oxygens (including phenoxy) is 4. The molecule has 1 aliphatic carbocycles. The van der Waals surface area contributed by atoms with E-state index in [4.69, 9.17) is 18.9 Å². The van der Waals surface area contributed by atoms with Crippen molar-refractivity contribution in [1.29, 1.82) is 0 Å². The lowest BCUT2D eigenvalue weighted by Crippen LogP contribution is -2.32. The van der Waals surface area contributed by atoms with E-state index >= 15 is 0 Å². The molecule has 0 atom stereocenters. The van der Waals surface area contributed by atoms with Gasteiger partial charge in [-0.1, -0.05) is 12.1 Å². The Morgan fingerprint density at radius 1 is 1.08 bits per heavy atom. The van der Waals surface area contributed by atoms with Crippen molar-refractivity contribution in [2.45, 2.75) is 45.4 Å². The van der Waals surface area contributed by atoms with Crippen molar-refractivity contribution in [3.63, 3.8) is 0 Å². The Kier molecular flexibility index (Phi) is 8.15. The first kappa shape index (κ1) is 26.2. The molecule has 0 aliphatic heterocycles. The maximum atomic E-state index is 13.9. The molecule has 37 heavy (non-hydrogen) atoms. The summed E-state index contributed by atoms with van der Waals surface area (Å²) < 4.78 is 49.5. The smallest absolute Gasteiger partial charge is 0.387 e. The predicted octanol–water partition coefficient (Wildman–Crippen LogP) is 5.16. The van der Waals surface area contributed by atoms with Crippen LogP contribution in [0.1, 0.15) is 53.0 Å². The highest BCUT2D eigenvalue weighted by atomic mass is 19.3. The lowest BCUT2D eigenvalue weighted by atomic mass is 10.1. The summed E-state index contributed by atoms with van der Waals surface area (Å²) in [4.78, 5) is 15.4. The number of aryl methyl sites for hydroxylation is 1. The minimum absolute atomic E-state index is 0.0130. The van der Waals surface area contributed by atoms with Crippen LogP contribution in [0.3, 0.4) is 0 Å². The number of amides is 1. The quantitative estimate of drug-likeness (QED) is 0.332. The zero-order valence-electron chi connectivity index (χ0n) is 21.4. The van der Waals surface area contributed by atoms with Crippen LogP contribution in [0.4, 0.5) is 8.78 Å². The van der Waals surface area contributed by atoms with Crippen LogP contribution in [0.2, 0.25) is 0 Å². The fraction of sp³-hybridized carbons (Fsp3) is 0.407. The van der Waals surface area contributed by atoms with Crippen molar-refractivity contribution in [2.24, 2.45) is 7.05 Å². The van der Waals surface area contributed by atoms with Gasteiger partial charge in [0.2, 0.25) is 0 Å². The van der Waals surface area contributed by atoms with Crippen LogP contribution in [0.15, 0.2) is 42.5 Å². The molecule has 0 N–H and O–H groups in total. The number of alkyl halides is 2. The highest BCUT2D eigenvalue weighted by molar-refractivity contribution is 5.92. The molecule has 0 saturated heterocycles. The summed E-state index contributed by atoms with van der Waals surface area (Å²) in [6.07, 6.45) is 2.10. The first-order valence-electron chi connectivity index (χ1n) is 12.1. The lowest BCUT2D eigenvalue weighted by molar-refractivity contribution is -0.0523. The van der Waals surface area contributed by atoms with Gasteiger partial charge in [0.05, 0.1) is 39.6 Å². The largest absolute Gasteiger partial charge is 0.497 e. The van der Waals surface area contributed by atoms with Gasteiger partial charge in [0.1, 0.15) is 17.2 Å². The molecule has 1 heterocycles. The summed E-state index contributed by atoms with van der Waals surface area (Å²) >= 11 is 0. The molecule has 0 spiro atoms. The molecular formula is C27H31F2N3O5. The van der Waals surface area contributed by atoms with Gasteiger partial charge < -0.3 is 23.8 Å². The Labute approximate surface area is 214 Å². The van der Waals surface area contributed by atoms with E-state index in [1.54, 1.807) is 61.0 Å². The highest BCUT2D eigenvalue weighted by Gasteiger charge is 2.30. The van der Waals surface area contributed by atoms with Crippen LogP contribution in [0.5, 0.6) is 23.0 Å². The number of hydrogen-bond donors (Lipinski definition) is 0. The first-order valence-corrected chi connectivity index (χ1v) is 12.1. The van der Waals surface area contributed by atoms with Crippen LogP contribution < -0.4 is 18.9 Å². The Bertz CT molecular complexity index is 1240. The van der Waals surface area contributed by atoms with Crippen LogP contribution in [-0.2, 0) is 20.1 Å². The minimum Gasteiger partial charge on any atom is -0.497 e. The molecule has 4 rings (SSSR count). The number of halogens is 2. The molecule has 1 saturated carbocycles. The third-order valence-corrected chi connectivity index (χ3v) is 6.18. The number of nitrogens with zero attached hydrogens (tertiary/aromatic N) is 3. The molecule has 1 fully saturated rings. The molecule has 1 amide bonds. The number of hydrogen-bond acceptors (Lipinski definition) is 6. The van der Waals surface area contributed by atoms with Gasteiger partial charge in [-0.05, 0) is 44.0 Å². The number of carbonyl (C=O) groups excluding carboxylic acids is 1. The topological polar surface area (TPSA) is 75.0 Å². The SMILES string of the molecule is CCOc1cccc(CN(Cc2ccc(OC)cc2OC)C(=O)c2cc(C3CC3)nn2C)c1OC(F)F. The van der Waals surface area contributed by atoms with Gasteiger partial charge in [-0.15, -0.1) is 0 Å². The van der Waals surface area contributed by atoms with E-state index in [1.807, 2.05) is 12.1 Å². The van der Waals surface area contributed by atoms with Crippen molar-refractivity contribution in [2.75, 3.05) is 20.8 Å². The van der Waals surface area contributed by atoms with Crippen molar-refractivity contribution in [1.82, 2.24) is 14.7 Å². The average Bonchev–Trinajstić information content (AvgIpc) is 3.66. The van der Waals surface area contributed by atoms with Gasteiger partial charge in [-0.2, -0.15) is 13.9 Å². The second kappa shape index (κ2) is 11.5. The van der Waals surface area contributed by atoms with E-state index in [-0.39, 0.29) is 37.1 Å². The fourth-order valence-corrected chi connectivity index (χ4v) is 4.20. The van der Waals surface area contributed by atoms with E-state index in [0.29, 0.717) is 28.7 Å². The fourth-order valence-electron chi connectivity index (χ4n) is 4.20. The van der Waals surface area contributed by atoms with Crippen LogP contribution in [-0.4, -0.2) is 48.0 Å². The molecule has 0 unspecified atom stereocenters.